The Morgan fingerprint density at radius 1 is 0.831 bits per heavy atom. The van der Waals surface area contributed by atoms with Crippen molar-refractivity contribution in [2.24, 2.45) is 17.8 Å². The van der Waals surface area contributed by atoms with E-state index in [9.17, 15) is 19.2 Å². The van der Waals surface area contributed by atoms with Crippen molar-refractivity contribution in [3.63, 3.8) is 0 Å². The zero-order valence-corrected chi connectivity index (χ0v) is 37.3. The third kappa shape index (κ3) is 8.34. The molecule has 2 aromatic heterocycles. The summed E-state index contributed by atoms with van der Waals surface area (Å²) in [6.45, 7) is 7.76. The van der Waals surface area contributed by atoms with Crippen molar-refractivity contribution in [2.45, 2.75) is 64.4 Å². The monoisotopic (exact) mass is 882 g/mol. The molecule has 338 valence electrons. The number of alkyl carbamates (subject to hydrolysis) is 2. The highest BCUT2D eigenvalue weighted by Crippen LogP contribution is 2.44. The number of nitrogens with zero attached hydrogens (tertiary/aromatic N) is 4. The summed E-state index contributed by atoms with van der Waals surface area (Å²) in [6.07, 6.45) is 1.83. The molecule has 16 nitrogen and oxygen atoms in total. The van der Waals surface area contributed by atoms with Crippen LogP contribution in [0.3, 0.4) is 0 Å². The lowest BCUT2D eigenvalue weighted by atomic mass is 9.92. The summed E-state index contributed by atoms with van der Waals surface area (Å²) in [5.41, 5.74) is 7.09. The first-order valence-electron chi connectivity index (χ1n) is 22.1. The topological polar surface area (TPSA) is 193 Å². The molecular formula is C49H54N8O8. The Balaban J connectivity index is 0.974. The van der Waals surface area contributed by atoms with E-state index in [1.807, 2.05) is 55.1 Å². The molecule has 0 bridgehead atoms. The number of hydrogen-bond acceptors (Lipinski definition) is 10. The first-order chi connectivity index (χ1) is 31.4. The number of methoxy groups -OCH3 is 3. The molecule has 3 aliphatic rings. The molecular weight excluding hydrogens is 829 g/mol. The van der Waals surface area contributed by atoms with Crippen LogP contribution in [0.1, 0.15) is 74.5 Å². The number of likely N-dealkylation sites (tertiary alicyclic amines) is 2. The minimum atomic E-state index is -0.948. The fourth-order valence-corrected chi connectivity index (χ4v) is 9.77. The maximum Gasteiger partial charge on any atom is 0.407 e. The first-order valence-corrected chi connectivity index (χ1v) is 22.1. The second-order valence-corrected chi connectivity index (χ2v) is 17.7. The minimum absolute atomic E-state index is 0.0678. The largest absolute Gasteiger partial charge is 0.488 e. The molecule has 0 spiro atoms. The minimum Gasteiger partial charge on any atom is -0.488 e. The third-order valence-corrected chi connectivity index (χ3v) is 13.0. The summed E-state index contributed by atoms with van der Waals surface area (Å²) in [6, 6.07) is 21.4. The maximum atomic E-state index is 14.3. The van der Waals surface area contributed by atoms with Gasteiger partial charge in [-0.2, -0.15) is 0 Å². The van der Waals surface area contributed by atoms with Crippen LogP contribution in [0.25, 0.3) is 44.2 Å². The number of rotatable bonds is 11. The van der Waals surface area contributed by atoms with Gasteiger partial charge in [-0.15, -0.1) is 0 Å². The van der Waals surface area contributed by atoms with Crippen LogP contribution < -0.4 is 15.4 Å². The summed E-state index contributed by atoms with van der Waals surface area (Å²) in [5.74, 6) is 1.86. The number of nitrogens with one attached hydrogen (secondary N) is 4. The van der Waals surface area contributed by atoms with Gasteiger partial charge in [-0.25, -0.2) is 19.6 Å². The van der Waals surface area contributed by atoms with E-state index < -0.39 is 24.3 Å². The Morgan fingerprint density at radius 2 is 1.58 bits per heavy atom. The number of aromatic nitrogens is 4. The molecule has 6 aromatic rings. The number of carbonyl (C=O) groups is 4. The average Bonchev–Trinajstić information content (AvgIpc) is 4.15. The Labute approximate surface area is 376 Å². The zero-order chi connectivity index (χ0) is 45.5. The van der Waals surface area contributed by atoms with Gasteiger partial charge in [0.2, 0.25) is 5.91 Å². The molecule has 4 N–H and O–H groups in total. The summed E-state index contributed by atoms with van der Waals surface area (Å²) >= 11 is 0. The van der Waals surface area contributed by atoms with Gasteiger partial charge < -0.3 is 49.3 Å². The van der Waals surface area contributed by atoms with E-state index in [1.165, 1.54) is 14.2 Å². The molecule has 0 aliphatic carbocycles. The predicted molar refractivity (Wildman–Crippen MR) is 243 cm³/mol. The molecule has 16 heteroatoms. The Kier molecular flexibility index (Phi) is 11.9. The molecule has 4 amide bonds. The molecule has 6 atom stereocenters. The second kappa shape index (κ2) is 17.9. The van der Waals surface area contributed by atoms with Crippen LogP contribution in [-0.4, -0.2) is 101 Å². The number of aromatic amines is 2. The number of amides is 4. The second-order valence-electron chi connectivity index (χ2n) is 17.7. The quantitative estimate of drug-likeness (QED) is 0.101. The van der Waals surface area contributed by atoms with Crippen molar-refractivity contribution in [2.75, 3.05) is 41.0 Å². The van der Waals surface area contributed by atoms with Crippen LogP contribution in [0.15, 0.2) is 79.0 Å². The summed E-state index contributed by atoms with van der Waals surface area (Å²) in [5, 5.41) is 7.41. The highest BCUT2D eigenvalue weighted by atomic mass is 16.5. The van der Waals surface area contributed by atoms with E-state index in [0.717, 1.165) is 61.9 Å². The third-order valence-electron chi connectivity index (χ3n) is 13.0. The van der Waals surface area contributed by atoms with Crippen molar-refractivity contribution in [1.29, 1.82) is 0 Å². The normalized spacial score (nSPS) is 20.0. The summed E-state index contributed by atoms with van der Waals surface area (Å²) in [7, 11) is 4.22. The van der Waals surface area contributed by atoms with Gasteiger partial charge in [0, 0.05) is 37.1 Å². The highest BCUT2D eigenvalue weighted by Gasteiger charge is 2.42. The fourth-order valence-electron chi connectivity index (χ4n) is 9.77. The van der Waals surface area contributed by atoms with Crippen LogP contribution in [-0.2, 0) is 30.4 Å². The van der Waals surface area contributed by atoms with Gasteiger partial charge in [-0.1, -0.05) is 69.3 Å². The Morgan fingerprint density at radius 3 is 2.34 bits per heavy atom. The van der Waals surface area contributed by atoms with Crippen molar-refractivity contribution in [3.05, 3.63) is 102 Å². The van der Waals surface area contributed by atoms with Crippen molar-refractivity contribution < 1.29 is 38.1 Å². The molecule has 2 saturated heterocycles. The van der Waals surface area contributed by atoms with E-state index >= 15 is 0 Å². The maximum absolute atomic E-state index is 14.3. The highest BCUT2D eigenvalue weighted by molar-refractivity contribution is 6.07. The lowest BCUT2D eigenvalue weighted by Crippen LogP contribution is -2.51. The van der Waals surface area contributed by atoms with Crippen LogP contribution in [0, 0.1) is 17.8 Å². The standard InChI is InChI=1S/C49H54N8O8/c1-26(2)41(54-48(60)63-5)46(58)56-22-27(3)16-38(56)45-51-36-15-13-30-19-35-33-14-12-31(18-32(33)25-65-40(35)20-34(30)43(36)53-45)37-21-50-44(52-37)39-17-28(24-62-4)23-57(39)47(59)42(55-49(61)64-6)29-10-8-7-9-11-29/h7-15,18-21,26-28,38-39,41-42H,16-17,22-25H2,1-6H3,(H,50,52)(H,51,53)(H,54,60)(H,55,61)/t27-,28-,38-,39-,41-,42?/m0/s1. The summed E-state index contributed by atoms with van der Waals surface area (Å²) < 4.78 is 21.7. The smallest absolute Gasteiger partial charge is 0.407 e. The van der Waals surface area contributed by atoms with Gasteiger partial charge in [-0.3, -0.25) is 9.59 Å². The number of benzene rings is 4. The fraction of sp³-hybridized carbons (Fsp3) is 0.388. The SMILES string of the molecule is COC[C@H]1C[C@@H](c2ncc(-c3ccc4c(c3)COc3cc5c(ccc6[nH]c([C@@H]7C[C@H](C)CN7C(=O)[C@@H](NC(=O)OC)C(C)C)nc65)cc3-4)[nH]2)N(C(=O)C(NC(=O)OC)c2ccccc2)C1. The molecule has 4 aromatic carbocycles. The van der Waals surface area contributed by atoms with Crippen LogP contribution in [0.5, 0.6) is 5.75 Å². The number of hydrogen-bond donors (Lipinski definition) is 4. The van der Waals surface area contributed by atoms with Gasteiger partial charge in [0.25, 0.3) is 5.91 Å². The Bertz CT molecular complexity index is 2770. The molecule has 2 fully saturated rings. The first kappa shape index (κ1) is 43.3. The predicted octanol–water partition coefficient (Wildman–Crippen LogP) is 7.59. The number of ether oxygens (including phenoxy) is 4. The molecule has 9 rings (SSSR count). The lowest BCUT2D eigenvalue weighted by Gasteiger charge is -2.30. The molecule has 5 heterocycles. The zero-order valence-electron chi connectivity index (χ0n) is 37.3. The molecule has 0 radical (unpaired) electrons. The van der Waals surface area contributed by atoms with E-state index in [0.29, 0.717) is 49.9 Å². The van der Waals surface area contributed by atoms with E-state index in [-0.39, 0.29) is 41.7 Å². The van der Waals surface area contributed by atoms with E-state index in [2.05, 4.69) is 63.9 Å². The number of carbonyl (C=O) groups excluding carboxylic acids is 4. The van der Waals surface area contributed by atoms with E-state index in [1.54, 1.807) is 18.2 Å². The van der Waals surface area contributed by atoms with Gasteiger partial charge in [0.05, 0.1) is 55.8 Å². The van der Waals surface area contributed by atoms with Gasteiger partial charge in [-0.05, 0) is 76.6 Å². The van der Waals surface area contributed by atoms with Gasteiger partial charge >= 0.3 is 12.2 Å². The van der Waals surface area contributed by atoms with Gasteiger partial charge in [0.15, 0.2) is 0 Å². The van der Waals surface area contributed by atoms with Crippen molar-refractivity contribution in [1.82, 2.24) is 40.4 Å². The molecule has 1 unspecified atom stereocenters. The number of H-pyrrole nitrogens is 2. The van der Waals surface area contributed by atoms with Crippen LogP contribution in [0.4, 0.5) is 9.59 Å². The number of fused-ring (bicyclic) bond motifs is 6. The molecule has 3 aliphatic heterocycles. The van der Waals surface area contributed by atoms with Gasteiger partial charge in [0.1, 0.15) is 36.1 Å². The average molecular weight is 883 g/mol. The lowest BCUT2D eigenvalue weighted by molar-refractivity contribution is -0.136. The van der Waals surface area contributed by atoms with Crippen LogP contribution in [0.2, 0.25) is 0 Å². The number of imidazole rings is 2. The van der Waals surface area contributed by atoms with Crippen molar-refractivity contribution >= 4 is 45.8 Å². The van der Waals surface area contributed by atoms with Crippen LogP contribution >= 0.6 is 0 Å². The van der Waals surface area contributed by atoms with Crippen molar-refractivity contribution in [3.8, 4) is 28.1 Å². The summed E-state index contributed by atoms with van der Waals surface area (Å²) in [4.78, 5) is 73.4. The Hall–Kier alpha value is -6.94. The van der Waals surface area contributed by atoms with E-state index in [4.69, 9.17) is 28.9 Å². The molecule has 0 saturated carbocycles. The molecule has 65 heavy (non-hydrogen) atoms.